The highest BCUT2D eigenvalue weighted by Gasteiger charge is 2.35. The first-order valence-electron chi connectivity index (χ1n) is 4.56. The van der Waals surface area contributed by atoms with Crippen molar-refractivity contribution in [1.82, 2.24) is 0 Å². The number of nitrogens with zero attached hydrogens (tertiary/aromatic N) is 3. The molecule has 0 N–H and O–H groups in total. The molecule has 5 heteroatoms. The van der Waals surface area contributed by atoms with E-state index in [0.717, 1.165) is 0 Å². The van der Waals surface area contributed by atoms with Gasteiger partial charge in [0.15, 0.2) is 5.78 Å². The van der Waals surface area contributed by atoms with Gasteiger partial charge in [-0.05, 0) is 13.0 Å². The third-order valence-corrected chi connectivity index (χ3v) is 2.69. The quantitative estimate of drug-likeness (QED) is 0.746. The number of ketones is 1. The van der Waals surface area contributed by atoms with Crippen LogP contribution in [0.5, 0.6) is 0 Å². The van der Waals surface area contributed by atoms with Crippen molar-refractivity contribution in [2.45, 2.75) is 12.3 Å². The van der Waals surface area contributed by atoms with Crippen LogP contribution < -0.4 is 0 Å². The molecule has 1 aromatic carbocycles. The fourth-order valence-corrected chi connectivity index (χ4v) is 1.75. The Morgan fingerprint density at radius 1 is 1.24 bits per heavy atom. The predicted octanol–water partition coefficient (Wildman–Crippen LogP) is 2.35. The van der Waals surface area contributed by atoms with Gasteiger partial charge >= 0.3 is 0 Å². The largest absolute Gasteiger partial charge is 0.294 e. The summed E-state index contributed by atoms with van der Waals surface area (Å²) in [5.74, 6) is -0.292. The second-order valence-electron chi connectivity index (χ2n) is 3.31. The molecule has 0 saturated heterocycles. The van der Waals surface area contributed by atoms with Gasteiger partial charge in [-0.1, -0.05) is 23.7 Å². The highest BCUT2D eigenvalue weighted by molar-refractivity contribution is 6.34. The van der Waals surface area contributed by atoms with Gasteiger partial charge in [-0.2, -0.15) is 15.8 Å². The Morgan fingerprint density at radius 3 is 2.18 bits per heavy atom. The summed E-state index contributed by atoms with van der Waals surface area (Å²) in [6, 6.07) is 9.22. The predicted molar refractivity (Wildman–Crippen MR) is 60.0 cm³/mol. The maximum absolute atomic E-state index is 11.3. The van der Waals surface area contributed by atoms with Gasteiger partial charge in [0, 0.05) is 11.1 Å². The van der Waals surface area contributed by atoms with Gasteiger partial charge in [0.05, 0.1) is 5.02 Å². The number of carbonyl (C=O) groups is 1. The van der Waals surface area contributed by atoms with Crippen molar-refractivity contribution < 1.29 is 4.79 Å². The molecule has 0 amide bonds. The SMILES string of the molecule is CC(=O)c1cccc(C(C#N)(C#N)C#N)c1Cl. The van der Waals surface area contributed by atoms with E-state index in [2.05, 4.69) is 0 Å². The molecular formula is C12H6ClN3O. The van der Waals surface area contributed by atoms with Gasteiger partial charge in [0.25, 0.3) is 5.41 Å². The summed E-state index contributed by atoms with van der Waals surface area (Å²) in [5, 5.41) is 26.8. The Bertz CT molecular complexity index is 566. The second-order valence-corrected chi connectivity index (χ2v) is 3.69. The maximum Gasteiger partial charge on any atom is 0.254 e. The second kappa shape index (κ2) is 4.66. The molecule has 0 bridgehead atoms. The van der Waals surface area contributed by atoms with Gasteiger partial charge in [-0.3, -0.25) is 4.79 Å². The first-order valence-corrected chi connectivity index (χ1v) is 4.94. The van der Waals surface area contributed by atoms with Gasteiger partial charge in [0.2, 0.25) is 0 Å². The Balaban J connectivity index is 3.62. The minimum atomic E-state index is -1.98. The normalized spacial score (nSPS) is 9.82. The van der Waals surface area contributed by atoms with Crippen molar-refractivity contribution in [1.29, 1.82) is 15.8 Å². The number of benzene rings is 1. The van der Waals surface area contributed by atoms with E-state index in [1.807, 2.05) is 0 Å². The summed E-state index contributed by atoms with van der Waals surface area (Å²) in [6.45, 7) is 1.32. The fraction of sp³-hybridized carbons (Fsp3) is 0.167. The highest BCUT2D eigenvalue weighted by Crippen LogP contribution is 2.31. The molecule has 0 radical (unpaired) electrons. The highest BCUT2D eigenvalue weighted by atomic mass is 35.5. The van der Waals surface area contributed by atoms with Crippen molar-refractivity contribution in [3.05, 3.63) is 34.3 Å². The molecule has 17 heavy (non-hydrogen) atoms. The van der Waals surface area contributed by atoms with Crippen LogP contribution in [0, 0.1) is 34.0 Å². The molecule has 0 heterocycles. The molecule has 82 valence electrons. The molecule has 1 rings (SSSR count). The molecule has 1 aromatic rings. The first-order chi connectivity index (χ1) is 8.02. The lowest BCUT2D eigenvalue weighted by atomic mass is 9.84. The van der Waals surface area contributed by atoms with Crippen LogP contribution in [0.1, 0.15) is 22.8 Å². The van der Waals surface area contributed by atoms with Crippen LogP contribution in [0.4, 0.5) is 0 Å². The lowest BCUT2D eigenvalue weighted by Crippen LogP contribution is -2.20. The average Bonchev–Trinajstić information content (AvgIpc) is 2.33. The summed E-state index contributed by atoms with van der Waals surface area (Å²) in [4.78, 5) is 11.3. The molecule has 0 fully saturated rings. The zero-order valence-corrected chi connectivity index (χ0v) is 9.62. The molecule has 0 unspecified atom stereocenters. The van der Waals surface area contributed by atoms with Crippen molar-refractivity contribution in [3.63, 3.8) is 0 Å². The Labute approximate surface area is 103 Å². The standard InChI is InChI=1S/C12H6ClN3O/c1-8(17)9-3-2-4-10(11(9)13)12(5-14,6-15)7-16/h2-4H,1H3. The third-order valence-electron chi connectivity index (χ3n) is 2.29. The first kappa shape index (κ1) is 12.7. The molecule has 4 nitrogen and oxygen atoms in total. The molecule has 0 aliphatic rings. The van der Waals surface area contributed by atoms with E-state index in [1.165, 1.54) is 25.1 Å². The van der Waals surface area contributed by atoms with Crippen LogP contribution in [0.3, 0.4) is 0 Å². The molecule has 0 atom stereocenters. The summed E-state index contributed by atoms with van der Waals surface area (Å²) in [6.07, 6.45) is 0. The number of halogens is 1. The molecule has 0 saturated carbocycles. The lowest BCUT2D eigenvalue weighted by Gasteiger charge is -2.13. The van der Waals surface area contributed by atoms with E-state index < -0.39 is 5.41 Å². The van der Waals surface area contributed by atoms with Crippen molar-refractivity contribution in [2.75, 3.05) is 0 Å². The minimum Gasteiger partial charge on any atom is -0.294 e. The van der Waals surface area contributed by atoms with Gasteiger partial charge < -0.3 is 0 Å². The van der Waals surface area contributed by atoms with Gasteiger partial charge in [-0.25, -0.2) is 0 Å². The molecule has 0 aliphatic heterocycles. The van der Waals surface area contributed by atoms with Crippen LogP contribution in [-0.4, -0.2) is 5.78 Å². The van der Waals surface area contributed by atoms with Crippen LogP contribution in [0.25, 0.3) is 0 Å². The van der Waals surface area contributed by atoms with E-state index >= 15 is 0 Å². The Kier molecular flexibility index (Phi) is 3.49. The summed E-state index contributed by atoms with van der Waals surface area (Å²) in [5.41, 5.74) is -1.75. The van der Waals surface area contributed by atoms with E-state index in [9.17, 15) is 4.79 Å². The summed E-state index contributed by atoms with van der Waals surface area (Å²) >= 11 is 5.95. The van der Waals surface area contributed by atoms with Crippen molar-refractivity contribution in [2.24, 2.45) is 0 Å². The zero-order valence-electron chi connectivity index (χ0n) is 8.86. The number of hydrogen-bond donors (Lipinski definition) is 0. The smallest absolute Gasteiger partial charge is 0.254 e. The van der Waals surface area contributed by atoms with E-state index in [0.29, 0.717) is 0 Å². The molecular weight excluding hydrogens is 238 g/mol. The fourth-order valence-electron chi connectivity index (χ4n) is 1.35. The number of carbonyl (C=O) groups excluding carboxylic acids is 1. The number of rotatable bonds is 2. The van der Waals surface area contributed by atoms with Crippen molar-refractivity contribution >= 4 is 17.4 Å². The van der Waals surface area contributed by atoms with E-state index in [1.54, 1.807) is 18.2 Å². The van der Waals surface area contributed by atoms with Crippen LogP contribution in [0.15, 0.2) is 18.2 Å². The Morgan fingerprint density at radius 2 is 1.76 bits per heavy atom. The number of Topliss-reactive ketones (excluding diaryl/α,β-unsaturated/α-hetero) is 1. The monoisotopic (exact) mass is 243 g/mol. The third kappa shape index (κ3) is 1.97. The minimum absolute atomic E-state index is 0.0235. The van der Waals surface area contributed by atoms with Crippen LogP contribution in [-0.2, 0) is 5.41 Å². The number of nitriles is 3. The molecule has 0 aromatic heterocycles. The van der Waals surface area contributed by atoms with Crippen molar-refractivity contribution in [3.8, 4) is 18.2 Å². The van der Waals surface area contributed by atoms with E-state index in [-0.39, 0.29) is 21.9 Å². The molecule has 0 spiro atoms. The molecule has 0 aliphatic carbocycles. The Hall–Kier alpha value is -2.35. The lowest BCUT2D eigenvalue weighted by molar-refractivity contribution is 0.101. The summed E-state index contributed by atoms with van der Waals surface area (Å²) in [7, 11) is 0. The van der Waals surface area contributed by atoms with E-state index in [4.69, 9.17) is 27.4 Å². The van der Waals surface area contributed by atoms with Gasteiger partial charge in [0.1, 0.15) is 18.2 Å². The maximum atomic E-state index is 11.3. The summed E-state index contributed by atoms with van der Waals surface area (Å²) < 4.78 is 0. The van der Waals surface area contributed by atoms with Gasteiger partial charge in [-0.15, -0.1) is 0 Å². The number of hydrogen-bond acceptors (Lipinski definition) is 4. The average molecular weight is 244 g/mol. The zero-order chi connectivity index (χ0) is 13.1. The van der Waals surface area contributed by atoms with Crippen LogP contribution >= 0.6 is 11.6 Å². The van der Waals surface area contributed by atoms with Crippen LogP contribution in [0.2, 0.25) is 5.02 Å². The topological polar surface area (TPSA) is 88.4 Å².